The molecule has 0 bridgehead atoms. The first kappa shape index (κ1) is 17.5. The summed E-state index contributed by atoms with van der Waals surface area (Å²) < 4.78 is 58.0. The van der Waals surface area contributed by atoms with E-state index in [-0.39, 0.29) is 6.54 Å². The van der Waals surface area contributed by atoms with Gasteiger partial charge in [0.2, 0.25) is 0 Å². The molecule has 0 radical (unpaired) electrons. The Hall–Kier alpha value is -2.84. The number of halogens is 4. The monoisotopic (exact) mass is 344 g/mol. The van der Waals surface area contributed by atoms with Crippen molar-refractivity contribution in [2.45, 2.75) is 12.7 Å². The molecule has 0 aliphatic carbocycles. The van der Waals surface area contributed by atoms with Gasteiger partial charge in [-0.25, -0.2) is 9.18 Å². The smallest absolute Gasteiger partial charge is 0.435 e. The molecule has 0 fully saturated rings. The van der Waals surface area contributed by atoms with Crippen LogP contribution >= 0.6 is 0 Å². The number of carbonyl (C=O) groups is 1. The third-order valence-corrected chi connectivity index (χ3v) is 3.19. The van der Waals surface area contributed by atoms with E-state index < -0.39 is 34.9 Å². The van der Waals surface area contributed by atoms with Gasteiger partial charge in [0, 0.05) is 0 Å². The van der Waals surface area contributed by atoms with Crippen LogP contribution in [0.3, 0.4) is 0 Å². The first-order valence-corrected chi connectivity index (χ1v) is 6.54. The summed E-state index contributed by atoms with van der Waals surface area (Å²) in [4.78, 5) is 11.3. The van der Waals surface area contributed by atoms with E-state index in [0.717, 1.165) is 0 Å². The van der Waals surface area contributed by atoms with Gasteiger partial charge in [0.1, 0.15) is 11.6 Å². The van der Waals surface area contributed by atoms with Gasteiger partial charge in [0.15, 0.2) is 11.4 Å². The van der Waals surface area contributed by atoms with Crippen LogP contribution in [0, 0.1) is 0 Å². The van der Waals surface area contributed by atoms with Crippen molar-refractivity contribution in [1.82, 2.24) is 9.78 Å². The fraction of sp³-hybridized carbons (Fsp3) is 0.200. The zero-order valence-corrected chi connectivity index (χ0v) is 12.4. The van der Waals surface area contributed by atoms with Gasteiger partial charge in [-0.15, -0.1) is 0 Å². The van der Waals surface area contributed by atoms with Crippen LogP contribution in [0.1, 0.15) is 27.3 Å². The molecular weight excluding hydrogens is 332 g/mol. The van der Waals surface area contributed by atoms with Crippen LogP contribution in [0.25, 0.3) is 5.83 Å². The minimum absolute atomic E-state index is 0.290. The van der Waals surface area contributed by atoms with Crippen molar-refractivity contribution < 1.29 is 32.2 Å². The second-order valence-electron chi connectivity index (χ2n) is 4.79. The quantitative estimate of drug-likeness (QED) is 0.842. The normalized spacial score (nSPS) is 11.4. The molecule has 2 aromatic rings. The molecule has 0 spiro atoms. The number of carboxylic acid groups (broad SMARTS) is 1. The molecule has 2 rings (SSSR count). The van der Waals surface area contributed by atoms with Crippen molar-refractivity contribution >= 4 is 11.8 Å². The number of rotatable bonds is 5. The summed E-state index contributed by atoms with van der Waals surface area (Å²) in [7, 11) is 1.44. The number of ether oxygens (including phenoxy) is 1. The standard InChI is InChI=1S/C15H12F4N2O3/c1-8(16)11-12(14(22)23)21(20-13(11)15(17,18)19)7-9-3-5-10(24-2)6-4-9/h3-6H,1,7H2,2H3,(H,22,23). The predicted molar refractivity (Wildman–Crippen MR) is 76.4 cm³/mol. The number of alkyl halides is 3. The van der Waals surface area contributed by atoms with E-state index in [9.17, 15) is 27.5 Å². The van der Waals surface area contributed by atoms with Crippen molar-refractivity contribution in [2.75, 3.05) is 7.11 Å². The number of methoxy groups -OCH3 is 1. The maximum Gasteiger partial charge on any atom is 0.435 e. The van der Waals surface area contributed by atoms with Gasteiger partial charge in [0.05, 0.1) is 19.2 Å². The van der Waals surface area contributed by atoms with Gasteiger partial charge >= 0.3 is 12.1 Å². The average Bonchev–Trinajstić information content (AvgIpc) is 2.88. The highest BCUT2D eigenvalue weighted by Gasteiger charge is 2.41. The van der Waals surface area contributed by atoms with Crippen molar-refractivity contribution in [3.8, 4) is 5.75 Å². The Morgan fingerprint density at radius 3 is 2.33 bits per heavy atom. The van der Waals surface area contributed by atoms with Gasteiger partial charge in [0.25, 0.3) is 0 Å². The summed E-state index contributed by atoms with van der Waals surface area (Å²) >= 11 is 0. The number of hydrogen-bond acceptors (Lipinski definition) is 3. The second-order valence-corrected chi connectivity index (χ2v) is 4.79. The highest BCUT2D eigenvalue weighted by molar-refractivity contribution is 5.92. The lowest BCUT2D eigenvalue weighted by atomic mass is 10.1. The summed E-state index contributed by atoms with van der Waals surface area (Å²) in [6.07, 6.45) is -5.01. The SMILES string of the molecule is C=C(F)c1c(C(F)(F)F)nn(Cc2ccc(OC)cc2)c1C(=O)O. The van der Waals surface area contributed by atoms with E-state index in [1.165, 1.54) is 19.2 Å². The molecule has 0 amide bonds. The number of aromatic carboxylic acids is 1. The van der Waals surface area contributed by atoms with Crippen molar-refractivity contribution in [1.29, 1.82) is 0 Å². The van der Waals surface area contributed by atoms with E-state index >= 15 is 0 Å². The molecule has 0 aliphatic heterocycles. The molecule has 0 saturated carbocycles. The predicted octanol–water partition coefficient (Wildman–Crippen LogP) is 3.60. The maximum absolute atomic E-state index is 13.5. The molecule has 24 heavy (non-hydrogen) atoms. The van der Waals surface area contributed by atoms with Crippen LogP contribution in [-0.4, -0.2) is 28.0 Å². The Morgan fingerprint density at radius 1 is 1.33 bits per heavy atom. The van der Waals surface area contributed by atoms with Crippen LogP contribution in [-0.2, 0) is 12.7 Å². The molecule has 1 N–H and O–H groups in total. The van der Waals surface area contributed by atoms with Crippen LogP contribution in [0.2, 0.25) is 0 Å². The Kier molecular flexibility index (Phi) is 4.63. The van der Waals surface area contributed by atoms with E-state index in [4.69, 9.17) is 4.74 Å². The summed E-state index contributed by atoms with van der Waals surface area (Å²) in [6.45, 7) is 2.50. The first-order valence-electron chi connectivity index (χ1n) is 6.54. The lowest BCUT2D eigenvalue weighted by Crippen LogP contribution is -2.12. The molecule has 0 aliphatic rings. The molecule has 5 nitrogen and oxygen atoms in total. The average molecular weight is 344 g/mol. The number of nitrogens with zero attached hydrogens (tertiary/aromatic N) is 2. The second kappa shape index (κ2) is 6.34. The van der Waals surface area contributed by atoms with Crippen LogP contribution in [0.5, 0.6) is 5.75 Å². The maximum atomic E-state index is 13.5. The summed E-state index contributed by atoms with van der Waals surface area (Å²) in [5, 5.41) is 12.4. The fourth-order valence-corrected chi connectivity index (χ4v) is 2.15. The van der Waals surface area contributed by atoms with Gasteiger partial charge in [-0.1, -0.05) is 18.7 Å². The zero-order valence-electron chi connectivity index (χ0n) is 12.4. The molecule has 9 heteroatoms. The number of carboxylic acids is 1. The van der Waals surface area contributed by atoms with Crippen molar-refractivity contribution in [3.63, 3.8) is 0 Å². The molecule has 0 unspecified atom stereocenters. The largest absolute Gasteiger partial charge is 0.497 e. The highest BCUT2D eigenvalue weighted by atomic mass is 19.4. The van der Waals surface area contributed by atoms with Gasteiger partial charge < -0.3 is 9.84 Å². The van der Waals surface area contributed by atoms with E-state index in [1.54, 1.807) is 12.1 Å². The lowest BCUT2D eigenvalue weighted by molar-refractivity contribution is -0.141. The number of aromatic nitrogens is 2. The Morgan fingerprint density at radius 2 is 1.92 bits per heavy atom. The van der Waals surface area contributed by atoms with Gasteiger partial charge in [-0.2, -0.15) is 18.3 Å². The first-order chi connectivity index (χ1) is 11.1. The molecule has 128 valence electrons. The summed E-state index contributed by atoms with van der Waals surface area (Å²) in [6, 6.07) is 6.17. The molecule has 0 atom stereocenters. The molecule has 1 heterocycles. The third kappa shape index (κ3) is 3.39. The van der Waals surface area contributed by atoms with E-state index in [2.05, 4.69) is 11.7 Å². The minimum atomic E-state index is -5.01. The van der Waals surface area contributed by atoms with Crippen LogP contribution in [0.4, 0.5) is 17.6 Å². The van der Waals surface area contributed by atoms with E-state index in [1.807, 2.05) is 0 Å². The molecule has 1 aromatic carbocycles. The van der Waals surface area contributed by atoms with Crippen molar-refractivity contribution in [3.05, 3.63) is 53.4 Å². The number of benzene rings is 1. The topological polar surface area (TPSA) is 64.4 Å². The van der Waals surface area contributed by atoms with Crippen LogP contribution < -0.4 is 4.74 Å². The Balaban J connectivity index is 2.56. The van der Waals surface area contributed by atoms with Crippen LogP contribution in [0.15, 0.2) is 30.8 Å². The molecule has 1 aromatic heterocycles. The molecule has 0 saturated heterocycles. The summed E-state index contributed by atoms with van der Waals surface area (Å²) in [5.41, 5.74) is -3.24. The third-order valence-electron chi connectivity index (χ3n) is 3.19. The minimum Gasteiger partial charge on any atom is -0.497 e. The zero-order chi connectivity index (χ0) is 18.1. The van der Waals surface area contributed by atoms with Gasteiger partial charge in [-0.3, -0.25) is 4.68 Å². The number of hydrogen-bond donors (Lipinski definition) is 1. The fourth-order valence-electron chi connectivity index (χ4n) is 2.15. The van der Waals surface area contributed by atoms with Crippen molar-refractivity contribution in [2.24, 2.45) is 0 Å². The summed E-state index contributed by atoms with van der Waals surface area (Å²) in [5.74, 6) is -2.73. The van der Waals surface area contributed by atoms with E-state index in [0.29, 0.717) is 16.0 Å². The van der Waals surface area contributed by atoms with Gasteiger partial charge in [-0.05, 0) is 17.7 Å². The lowest BCUT2D eigenvalue weighted by Gasteiger charge is -2.06. The molecular formula is C15H12F4N2O3. The Labute approximate surface area is 133 Å². The Bertz CT molecular complexity index is 779. The highest BCUT2D eigenvalue weighted by Crippen LogP contribution is 2.36.